The van der Waals surface area contributed by atoms with Gasteiger partial charge in [-0.3, -0.25) is 24.3 Å². The van der Waals surface area contributed by atoms with Crippen LogP contribution in [0.5, 0.6) is 0 Å². The molecule has 1 unspecified atom stereocenters. The fraction of sp³-hybridized carbons (Fsp3) is 0.375. The molecule has 2 aliphatic heterocycles. The van der Waals surface area contributed by atoms with Gasteiger partial charge in [-0.1, -0.05) is 17.3 Å². The molecule has 8 nitrogen and oxygen atoms in total. The molecule has 17 heteroatoms. The van der Waals surface area contributed by atoms with Crippen LogP contribution in [0, 0.1) is 6.92 Å². The molecule has 41 heavy (non-hydrogen) atoms. The molecule has 0 aliphatic carbocycles. The van der Waals surface area contributed by atoms with Crippen molar-refractivity contribution in [1.29, 1.82) is 0 Å². The van der Waals surface area contributed by atoms with Crippen LogP contribution in [0.4, 0.5) is 39.5 Å². The summed E-state index contributed by atoms with van der Waals surface area (Å²) in [7, 11) is 0. The fourth-order valence-electron chi connectivity index (χ4n) is 4.30. The summed E-state index contributed by atoms with van der Waals surface area (Å²) in [6.07, 6.45) is -15.4. The van der Waals surface area contributed by atoms with Crippen LogP contribution < -0.4 is 0 Å². The molecule has 0 bridgehead atoms. The van der Waals surface area contributed by atoms with Gasteiger partial charge in [0.1, 0.15) is 25.3 Å². The maximum Gasteiger partial charge on any atom is 0.435 e. The highest BCUT2D eigenvalue weighted by Gasteiger charge is 2.62. The average molecular weight is 596 g/mol. The number of alkyl halides is 9. The third-order valence-electron chi connectivity index (χ3n) is 6.38. The van der Waals surface area contributed by atoms with Crippen LogP contribution in [-0.2, 0) is 26.2 Å². The van der Waals surface area contributed by atoms with Crippen molar-refractivity contribution in [2.75, 3.05) is 19.6 Å². The first-order valence-electron chi connectivity index (χ1n) is 11.5. The lowest BCUT2D eigenvalue weighted by atomic mass is 9.87. The molecule has 1 fully saturated rings. The van der Waals surface area contributed by atoms with Crippen molar-refractivity contribution < 1.29 is 58.7 Å². The van der Waals surface area contributed by atoms with E-state index in [1.165, 1.54) is 25.1 Å². The number of aryl methyl sites for hydroxylation is 1. The Kier molecular flexibility index (Phi) is 7.28. The Morgan fingerprint density at radius 2 is 1.61 bits per heavy atom. The number of hydrogen-bond donors (Lipinski definition) is 0. The number of rotatable bonds is 4. The van der Waals surface area contributed by atoms with Gasteiger partial charge in [-0.05, 0) is 36.2 Å². The highest BCUT2D eigenvalue weighted by atomic mass is 19.4. The molecule has 0 saturated carbocycles. The molecule has 0 spiro atoms. The molecule has 2 aromatic rings. The summed E-state index contributed by atoms with van der Waals surface area (Å²) in [5, 5.41) is 3.50. The van der Waals surface area contributed by atoms with E-state index >= 15 is 0 Å². The van der Waals surface area contributed by atoms with Gasteiger partial charge in [0.25, 0.3) is 11.5 Å². The average Bonchev–Trinajstić information content (AvgIpc) is 3.32. The van der Waals surface area contributed by atoms with Crippen LogP contribution in [0.1, 0.15) is 39.2 Å². The van der Waals surface area contributed by atoms with Gasteiger partial charge in [0.05, 0.1) is 12.1 Å². The minimum absolute atomic E-state index is 0.00291. The minimum atomic E-state index is -5.13. The number of benzene rings is 1. The molecule has 0 N–H and O–H groups in total. The Labute approximate surface area is 224 Å². The van der Waals surface area contributed by atoms with Gasteiger partial charge >= 0.3 is 18.5 Å². The lowest BCUT2D eigenvalue weighted by molar-refractivity contribution is -0.276. The Hall–Kier alpha value is -4.18. The third-order valence-corrected chi connectivity index (χ3v) is 6.38. The predicted molar refractivity (Wildman–Crippen MR) is 119 cm³/mol. The number of amides is 3. The summed E-state index contributed by atoms with van der Waals surface area (Å²) in [4.78, 5) is 45.7. The number of hydrogen-bond acceptors (Lipinski definition) is 6. The van der Waals surface area contributed by atoms with Crippen LogP contribution in [-0.4, -0.2) is 70.2 Å². The molecular weight excluding hydrogens is 579 g/mol. The zero-order valence-electron chi connectivity index (χ0n) is 20.6. The van der Waals surface area contributed by atoms with E-state index in [0.29, 0.717) is 18.3 Å². The number of aromatic nitrogens is 1. The number of imide groups is 1. The summed E-state index contributed by atoms with van der Waals surface area (Å²) in [5.41, 5.74) is -5.39. The first-order chi connectivity index (χ1) is 18.8. The number of halogens is 9. The maximum atomic E-state index is 14.1. The van der Waals surface area contributed by atoms with E-state index in [1.807, 2.05) is 0 Å². The van der Waals surface area contributed by atoms with Crippen LogP contribution in [0.25, 0.3) is 0 Å². The minimum Gasteiger partial charge on any atom is -0.374 e. The Morgan fingerprint density at radius 1 is 0.976 bits per heavy atom. The lowest BCUT2D eigenvalue weighted by Gasteiger charge is -2.33. The van der Waals surface area contributed by atoms with Gasteiger partial charge in [0, 0.05) is 17.3 Å². The van der Waals surface area contributed by atoms with Crippen molar-refractivity contribution in [3.63, 3.8) is 0 Å². The van der Waals surface area contributed by atoms with Crippen molar-refractivity contribution in [3.05, 3.63) is 64.5 Å². The van der Waals surface area contributed by atoms with E-state index in [2.05, 4.69) is 10.1 Å². The molecule has 4 rings (SSSR count). The summed E-state index contributed by atoms with van der Waals surface area (Å²) >= 11 is 0. The second-order valence-electron chi connectivity index (χ2n) is 9.24. The molecule has 2 aliphatic rings. The van der Waals surface area contributed by atoms with Crippen LogP contribution in [0.15, 0.2) is 41.7 Å². The van der Waals surface area contributed by atoms with Crippen LogP contribution in [0.2, 0.25) is 0 Å². The van der Waals surface area contributed by atoms with E-state index in [0.717, 1.165) is 4.90 Å². The topological polar surface area (TPSA) is 92.2 Å². The molecular formula is C24H17F9N4O4. The summed E-state index contributed by atoms with van der Waals surface area (Å²) in [6.45, 7) is -2.03. The number of piperazine rings is 1. The molecule has 1 aromatic heterocycles. The normalized spacial score (nSPS) is 20.3. The maximum absolute atomic E-state index is 14.1. The highest BCUT2D eigenvalue weighted by molar-refractivity contribution is 6.07. The van der Waals surface area contributed by atoms with E-state index < -0.39 is 79.2 Å². The monoisotopic (exact) mass is 596 g/mol. The lowest BCUT2D eigenvalue weighted by Crippen LogP contribution is -2.57. The molecule has 1 atom stereocenters. The zero-order chi connectivity index (χ0) is 30.5. The first kappa shape index (κ1) is 29.8. The molecule has 0 radical (unpaired) electrons. The first-order valence-corrected chi connectivity index (χ1v) is 11.5. The van der Waals surface area contributed by atoms with Crippen molar-refractivity contribution >= 4 is 23.4 Å². The third kappa shape index (κ3) is 5.83. The Morgan fingerprint density at radius 3 is 2.10 bits per heavy atom. The number of nitrogens with zero attached hydrogens (tertiary/aromatic N) is 4. The van der Waals surface area contributed by atoms with Gasteiger partial charge in [0.15, 0.2) is 0 Å². The van der Waals surface area contributed by atoms with E-state index in [1.54, 1.807) is 0 Å². The number of carbonyl (C=O) groups excluding carboxylic acids is 3. The SMILES string of the molecule is Cc1cc(C2=NOC(c3ccc(C(F)(F)F)nc3)(C(F)(F)F)C2)ccc1C(=O)N1CC(=O)N(CC(F)(F)F)C(=O)C1. The number of oxime groups is 1. The van der Waals surface area contributed by atoms with E-state index in [-0.39, 0.29) is 27.3 Å². The van der Waals surface area contributed by atoms with E-state index in [9.17, 15) is 53.9 Å². The van der Waals surface area contributed by atoms with Crippen molar-refractivity contribution in [3.8, 4) is 0 Å². The summed E-state index contributed by atoms with van der Waals surface area (Å²) in [6, 6.07) is 4.60. The predicted octanol–water partition coefficient (Wildman–Crippen LogP) is 4.36. The smallest absolute Gasteiger partial charge is 0.374 e. The number of carbonyl (C=O) groups is 3. The second-order valence-corrected chi connectivity index (χ2v) is 9.24. The van der Waals surface area contributed by atoms with Gasteiger partial charge in [-0.2, -0.15) is 39.5 Å². The summed E-state index contributed by atoms with van der Waals surface area (Å²) in [5.74, 6) is -3.35. The Bertz CT molecular complexity index is 1400. The van der Waals surface area contributed by atoms with E-state index in [4.69, 9.17) is 4.84 Å². The quantitative estimate of drug-likeness (QED) is 0.387. The van der Waals surface area contributed by atoms with Crippen LogP contribution >= 0.6 is 0 Å². The largest absolute Gasteiger partial charge is 0.435 e. The second kappa shape index (κ2) is 10.0. The van der Waals surface area contributed by atoms with Crippen molar-refractivity contribution in [2.45, 2.75) is 37.5 Å². The molecule has 3 amide bonds. The van der Waals surface area contributed by atoms with Crippen molar-refractivity contribution in [1.82, 2.24) is 14.8 Å². The highest BCUT2D eigenvalue weighted by Crippen LogP contribution is 2.49. The van der Waals surface area contributed by atoms with Gasteiger partial charge in [-0.15, -0.1) is 0 Å². The fourth-order valence-corrected chi connectivity index (χ4v) is 4.30. The number of pyridine rings is 1. The van der Waals surface area contributed by atoms with Gasteiger partial charge in [0.2, 0.25) is 11.8 Å². The van der Waals surface area contributed by atoms with Gasteiger partial charge < -0.3 is 9.74 Å². The standard InChI is InChI=1S/C24H17F9N4O4/c1-12-6-13(2-4-15(12)20(40)36-9-18(38)37(19(39)10-36)11-22(25,26)27)16-7-21(41-35-16,24(31,32)33)14-3-5-17(34-8-14)23(28,29)30/h2-6,8H,7,9-11H2,1H3. The zero-order valence-corrected chi connectivity index (χ0v) is 20.6. The van der Waals surface area contributed by atoms with Crippen LogP contribution in [0.3, 0.4) is 0 Å². The molecule has 220 valence electrons. The Balaban J connectivity index is 1.54. The molecule has 3 heterocycles. The molecule has 1 saturated heterocycles. The molecule has 1 aromatic carbocycles. The van der Waals surface area contributed by atoms with Crippen molar-refractivity contribution in [2.24, 2.45) is 5.16 Å². The van der Waals surface area contributed by atoms with Gasteiger partial charge in [-0.25, -0.2) is 0 Å². The summed E-state index contributed by atoms with van der Waals surface area (Å²) < 4.78 is 119.